The number of rotatable bonds is 3. The molecule has 0 aromatic heterocycles. The highest BCUT2D eigenvalue weighted by molar-refractivity contribution is 6.30. The quantitative estimate of drug-likeness (QED) is 0.773. The molecule has 2 atom stereocenters. The van der Waals surface area contributed by atoms with Crippen LogP contribution in [0.2, 0.25) is 5.02 Å². The summed E-state index contributed by atoms with van der Waals surface area (Å²) >= 11 is 6.04. The molecule has 0 radical (unpaired) electrons. The third kappa shape index (κ3) is 3.80. The molecule has 0 aliphatic carbocycles. The number of piperidine rings is 1. The van der Waals surface area contributed by atoms with E-state index in [1.807, 2.05) is 0 Å². The minimum atomic E-state index is -0.544. The number of carbonyl (C=O) groups excluding carboxylic acids is 1. The van der Waals surface area contributed by atoms with Crippen LogP contribution in [0.25, 0.3) is 11.1 Å². The normalized spacial score (nSPS) is 24.6. The molecule has 6 heteroatoms. The second-order valence-corrected chi connectivity index (χ2v) is 7.78. The monoisotopic (exact) mass is 388 g/mol. The van der Waals surface area contributed by atoms with E-state index in [1.165, 1.54) is 6.07 Å². The zero-order valence-corrected chi connectivity index (χ0v) is 15.9. The highest BCUT2D eigenvalue weighted by Gasteiger charge is 2.39. The number of ether oxygens (including phenoxy) is 1. The van der Waals surface area contributed by atoms with Crippen molar-refractivity contribution in [2.45, 2.75) is 43.9 Å². The number of hydrogen-bond acceptors (Lipinski definition) is 3. The van der Waals surface area contributed by atoms with E-state index in [0.29, 0.717) is 33.9 Å². The molecule has 1 N–H and O–H groups in total. The molecular formula is C21H22ClFN2O2. The van der Waals surface area contributed by atoms with Gasteiger partial charge in [0.15, 0.2) is 0 Å². The van der Waals surface area contributed by atoms with Gasteiger partial charge in [-0.1, -0.05) is 29.8 Å². The van der Waals surface area contributed by atoms with Crippen LogP contribution in [0.15, 0.2) is 42.5 Å². The summed E-state index contributed by atoms with van der Waals surface area (Å²) in [4.78, 5) is 14.9. The Balaban J connectivity index is 1.50. The van der Waals surface area contributed by atoms with E-state index >= 15 is 0 Å². The first-order valence-electron chi connectivity index (χ1n) is 9.25. The van der Waals surface area contributed by atoms with E-state index < -0.39 is 11.9 Å². The second kappa shape index (κ2) is 7.49. The van der Waals surface area contributed by atoms with Crippen LogP contribution >= 0.6 is 11.6 Å². The van der Waals surface area contributed by atoms with E-state index in [9.17, 15) is 9.18 Å². The highest BCUT2D eigenvalue weighted by atomic mass is 35.5. The molecule has 2 aliphatic heterocycles. The van der Waals surface area contributed by atoms with Crippen LogP contribution in [0.5, 0.6) is 0 Å². The third-order valence-corrected chi connectivity index (χ3v) is 5.93. The Morgan fingerprint density at radius 2 is 1.89 bits per heavy atom. The largest absolute Gasteiger partial charge is 0.446 e. The van der Waals surface area contributed by atoms with Gasteiger partial charge < -0.3 is 9.64 Å². The van der Waals surface area contributed by atoms with Crippen LogP contribution in [-0.4, -0.2) is 36.2 Å². The van der Waals surface area contributed by atoms with Gasteiger partial charge in [-0.15, -0.1) is 0 Å². The summed E-state index contributed by atoms with van der Waals surface area (Å²) in [6.45, 7) is 0. The summed E-state index contributed by atoms with van der Waals surface area (Å²) in [6.07, 6.45) is 3.38. The van der Waals surface area contributed by atoms with Gasteiger partial charge >= 0.3 is 6.09 Å². The molecule has 0 saturated carbocycles. The topological polar surface area (TPSA) is 41.6 Å². The number of carbonyl (C=O) groups is 1. The molecule has 2 aromatic carbocycles. The number of halogens is 2. The Kier molecular flexibility index (Phi) is 5.06. The zero-order valence-electron chi connectivity index (χ0n) is 15.1. The summed E-state index contributed by atoms with van der Waals surface area (Å²) < 4.78 is 20.1. The maximum Gasteiger partial charge on any atom is 0.411 e. The van der Waals surface area contributed by atoms with Crippen LogP contribution in [0.1, 0.15) is 25.7 Å². The Labute approximate surface area is 163 Å². The Bertz CT molecular complexity index is 846. The van der Waals surface area contributed by atoms with Gasteiger partial charge in [0.05, 0.1) is 5.69 Å². The van der Waals surface area contributed by atoms with Crippen molar-refractivity contribution in [3.63, 3.8) is 0 Å². The molecule has 27 heavy (non-hydrogen) atoms. The third-order valence-electron chi connectivity index (χ3n) is 5.69. The van der Waals surface area contributed by atoms with Crippen LogP contribution in [0.4, 0.5) is 14.9 Å². The molecule has 2 aromatic rings. The molecule has 142 valence electrons. The van der Waals surface area contributed by atoms with Crippen molar-refractivity contribution in [3.05, 3.63) is 53.3 Å². The molecule has 2 aliphatic rings. The van der Waals surface area contributed by atoms with Gasteiger partial charge in [0.1, 0.15) is 11.9 Å². The average Bonchev–Trinajstić information content (AvgIpc) is 2.83. The molecule has 2 bridgehead atoms. The van der Waals surface area contributed by atoms with Crippen molar-refractivity contribution in [3.8, 4) is 11.1 Å². The van der Waals surface area contributed by atoms with E-state index in [4.69, 9.17) is 16.3 Å². The Morgan fingerprint density at radius 3 is 2.59 bits per heavy atom. The fourth-order valence-electron chi connectivity index (χ4n) is 4.31. The SMILES string of the molecule is CN1C2CCC1CC(OC(=O)Nc1cccc(F)c1-c1cccc(Cl)c1)C2. The number of fused-ring (bicyclic) bond motifs is 2. The maximum atomic E-state index is 14.5. The van der Waals surface area contributed by atoms with Crippen molar-refractivity contribution in [2.75, 3.05) is 12.4 Å². The number of hydrogen-bond donors (Lipinski definition) is 1. The fraction of sp³-hybridized carbons (Fsp3) is 0.381. The van der Waals surface area contributed by atoms with Gasteiger partial charge in [-0.2, -0.15) is 0 Å². The van der Waals surface area contributed by atoms with Crippen LogP contribution < -0.4 is 5.32 Å². The number of benzene rings is 2. The molecule has 1 amide bonds. The lowest BCUT2D eigenvalue weighted by molar-refractivity contribution is 0.0348. The van der Waals surface area contributed by atoms with Crippen molar-refractivity contribution in [1.82, 2.24) is 4.90 Å². The molecule has 2 unspecified atom stereocenters. The lowest BCUT2D eigenvalue weighted by Gasteiger charge is -2.35. The molecule has 4 rings (SSSR count). The first-order valence-corrected chi connectivity index (χ1v) is 9.63. The van der Waals surface area contributed by atoms with Gasteiger partial charge in [-0.05, 0) is 49.7 Å². The number of amides is 1. The van der Waals surface area contributed by atoms with Gasteiger partial charge in [-0.25, -0.2) is 9.18 Å². The van der Waals surface area contributed by atoms with E-state index in [-0.39, 0.29) is 6.10 Å². The van der Waals surface area contributed by atoms with Gasteiger partial charge in [0.25, 0.3) is 0 Å². The number of nitrogens with zero attached hydrogens (tertiary/aromatic N) is 1. The van der Waals surface area contributed by atoms with Gasteiger partial charge in [0, 0.05) is 35.5 Å². The van der Waals surface area contributed by atoms with E-state index in [1.54, 1.807) is 36.4 Å². The first-order chi connectivity index (χ1) is 13.0. The molecule has 2 heterocycles. The standard InChI is InChI=1S/C21H22ClFN2O2/c1-25-15-8-9-16(25)12-17(11-15)27-21(26)24-19-7-3-6-18(23)20(19)13-4-2-5-14(22)10-13/h2-7,10,15-17H,8-9,11-12H2,1H3,(H,24,26). The minimum absolute atomic E-state index is 0.0955. The lowest BCUT2D eigenvalue weighted by Crippen LogP contribution is -2.43. The lowest BCUT2D eigenvalue weighted by atomic mass is 10.0. The average molecular weight is 389 g/mol. The maximum absolute atomic E-state index is 14.5. The minimum Gasteiger partial charge on any atom is -0.446 e. The van der Waals surface area contributed by atoms with E-state index in [2.05, 4.69) is 17.3 Å². The number of anilines is 1. The number of nitrogens with one attached hydrogen (secondary N) is 1. The summed E-state index contributed by atoms with van der Waals surface area (Å²) in [5.41, 5.74) is 1.28. The Morgan fingerprint density at radius 1 is 1.19 bits per heavy atom. The summed E-state index contributed by atoms with van der Waals surface area (Å²) in [7, 11) is 2.14. The first kappa shape index (κ1) is 18.3. The smallest absolute Gasteiger partial charge is 0.411 e. The van der Waals surface area contributed by atoms with Crippen LogP contribution in [-0.2, 0) is 4.74 Å². The Hall–Kier alpha value is -2.11. The molecule has 4 nitrogen and oxygen atoms in total. The van der Waals surface area contributed by atoms with E-state index in [0.717, 1.165) is 25.7 Å². The molecular weight excluding hydrogens is 367 g/mol. The second-order valence-electron chi connectivity index (χ2n) is 7.35. The van der Waals surface area contributed by atoms with Gasteiger partial charge in [0.2, 0.25) is 0 Å². The van der Waals surface area contributed by atoms with Crippen LogP contribution in [0, 0.1) is 5.82 Å². The summed E-state index contributed by atoms with van der Waals surface area (Å²) in [5, 5.41) is 3.23. The van der Waals surface area contributed by atoms with Crippen molar-refractivity contribution in [1.29, 1.82) is 0 Å². The zero-order chi connectivity index (χ0) is 19.0. The van der Waals surface area contributed by atoms with Crippen molar-refractivity contribution in [2.24, 2.45) is 0 Å². The summed E-state index contributed by atoms with van der Waals surface area (Å²) in [5.74, 6) is -0.424. The van der Waals surface area contributed by atoms with Crippen molar-refractivity contribution < 1.29 is 13.9 Å². The molecule has 2 fully saturated rings. The summed E-state index contributed by atoms with van der Waals surface area (Å²) in [6, 6.07) is 12.5. The molecule has 0 spiro atoms. The predicted octanol–water partition coefficient (Wildman–Crippen LogP) is 5.32. The highest BCUT2D eigenvalue weighted by Crippen LogP contribution is 2.36. The fourth-order valence-corrected chi connectivity index (χ4v) is 4.50. The van der Waals surface area contributed by atoms with Gasteiger partial charge in [-0.3, -0.25) is 5.32 Å². The predicted molar refractivity (Wildman–Crippen MR) is 105 cm³/mol. The van der Waals surface area contributed by atoms with Crippen LogP contribution in [0.3, 0.4) is 0 Å². The molecule has 2 saturated heterocycles. The van der Waals surface area contributed by atoms with Crippen molar-refractivity contribution >= 4 is 23.4 Å².